The van der Waals surface area contributed by atoms with Gasteiger partial charge in [0.25, 0.3) is 5.56 Å². The highest BCUT2D eigenvalue weighted by molar-refractivity contribution is 7.07. The first-order valence-corrected chi connectivity index (χ1v) is 8.70. The van der Waals surface area contributed by atoms with Crippen molar-refractivity contribution in [1.82, 2.24) is 14.8 Å². The lowest BCUT2D eigenvalue weighted by atomic mass is 9.89. The van der Waals surface area contributed by atoms with Gasteiger partial charge in [-0.25, -0.2) is 0 Å². The lowest BCUT2D eigenvalue weighted by Crippen LogP contribution is -2.30. The molecule has 0 spiro atoms. The normalized spacial score (nSPS) is 14.5. The molecule has 0 bridgehead atoms. The monoisotopic (exact) mass is 347 g/mol. The molecule has 0 aliphatic heterocycles. The molecule has 0 radical (unpaired) electrons. The van der Waals surface area contributed by atoms with Crippen LogP contribution in [0.1, 0.15) is 52.8 Å². The Kier molecular flexibility index (Phi) is 4.72. The SMILES string of the molecule is Cn1c(=O)/c(=C/c2cn[nH]c2C(C)(C)C)s/c1=C/C(=O)C(C)(C)C. The maximum absolute atomic E-state index is 12.5. The Hall–Kier alpha value is -1.95. The van der Waals surface area contributed by atoms with Crippen molar-refractivity contribution in [3.63, 3.8) is 0 Å². The Morgan fingerprint density at radius 1 is 1.25 bits per heavy atom. The summed E-state index contributed by atoms with van der Waals surface area (Å²) in [5.41, 5.74) is 1.22. The van der Waals surface area contributed by atoms with Gasteiger partial charge < -0.3 is 4.57 Å². The first kappa shape index (κ1) is 18.4. The first-order valence-electron chi connectivity index (χ1n) is 7.89. The van der Waals surface area contributed by atoms with E-state index in [1.54, 1.807) is 19.3 Å². The highest BCUT2D eigenvalue weighted by Crippen LogP contribution is 2.23. The molecule has 0 saturated heterocycles. The lowest BCUT2D eigenvalue weighted by Gasteiger charge is -2.16. The lowest BCUT2D eigenvalue weighted by molar-refractivity contribution is -0.120. The number of rotatable bonds is 2. The molecule has 5 nitrogen and oxygen atoms in total. The standard InChI is InChI=1S/C18H25N3O2S/c1-17(2,3)13(22)9-14-21(7)16(23)12(24-14)8-11-10-19-20-15(11)18(4,5)6/h8-10H,1-7H3,(H,19,20)/b12-8-,14-9+. The van der Waals surface area contributed by atoms with Gasteiger partial charge in [-0.15, -0.1) is 11.3 Å². The van der Waals surface area contributed by atoms with E-state index in [9.17, 15) is 9.59 Å². The van der Waals surface area contributed by atoms with Crippen molar-refractivity contribution in [3.8, 4) is 0 Å². The zero-order valence-electron chi connectivity index (χ0n) is 15.4. The van der Waals surface area contributed by atoms with E-state index in [0.717, 1.165) is 11.3 Å². The number of H-pyrrole nitrogens is 1. The summed E-state index contributed by atoms with van der Waals surface area (Å²) >= 11 is 1.32. The van der Waals surface area contributed by atoms with E-state index >= 15 is 0 Å². The number of nitrogens with one attached hydrogen (secondary N) is 1. The van der Waals surface area contributed by atoms with Crippen molar-refractivity contribution in [3.05, 3.63) is 37.0 Å². The van der Waals surface area contributed by atoms with Crippen molar-refractivity contribution in [1.29, 1.82) is 0 Å². The van der Waals surface area contributed by atoms with E-state index in [4.69, 9.17) is 0 Å². The van der Waals surface area contributed by atoms with Gasteiger partial charge in [-0.05, 0) is 6.08 Å². The molecular weight excluding hydrogens is 322 g/mol. The van der Waals surface area contributed by atoms with Crippen LogP contribution in [0.2, 0.25) is 0 Å². The fraction of sp³-hybridized carbons (Fsp3) is 0.500. The Balaban J connectivity index is 2.62. The average Bonchev–Trinajstić information content (AvgIpc) is 2.99. The molecule has 2 rings (SSSR count). The van der Waals surface area contributed by atoms with E-state index in [1.807, 2.05) is 26.8 Å². The minimum absolute atomic E-state index is 0.00425. The van der Waals surface area contributed by atoms with Crippen LogP contribution in [0.25, 0.3) is 12.2 Å². The van der Waals surface area contributed by atoms with Crippen molar-refractivity contribution in [2.24, 2.45) is 12.5 Å². The minimum atomic E-state index is -0.464. The van der Waals surface area contributed by atoms with E-state index in [1.165, 1.54) is 15.9 Å². The molecule has 24 heavy (non-hydrogen) atoms. The van der Waals surface area contributed by atoms with Crippen LogP contribution in [0.5, 0.6) is 0 Å². The summed E-state index contributed by atoms with van der Waals surface area (Å²) in [6.07, 6.45) is 5.13. The molecule has 0 aliphatic rings. The largest absolute Gasteiger partial charge is 0.302 e. The van der Waals surface area contributed by atoms with Crippen molar-refractivity contribution >= 4 is 29.3 Å². The van der Waals surface area contributed by atoms with E-state index < -0.39 is 5.41 Å². The van der Waals surface area contributed by atoms with Gasteiger partial charge in [-0.1, -0.05) is 41.5 Å². The summed E-state index contributed by atoms with van der Waals surface area (Å²) in [6, 6.07) is 0. The molecule has 0 amide bonds. The molecule has 6 heteroatoms. The molecule has 0 aliphatic carbocycles. The number of hydrogen-bond donors (Lipinski definition) is 1. The molecule has 0 saturated carbocycles. The number of aromatic nitrogens is 3. The van der Waals surface area contributed by atoms with Gasteiger partial charge in [0.15, 0.2) is 5.78 Å². The molecular formula is C18H25N3O2S. The van der Waals surface area contributed by atoms with Crippen LogP contribution >= 0.6 is 11.3 Å². The third kappa shape index (κ3) is 3.75. The summed E-state index contributed by atoms with van der Waals surface area (Å²) in [5, 5.41) is 7.11. The Morgan fingerprint density at radius 3 is 2.42 bits per heavy atom. The van der Waals surface area contributed by atoms with Crippen LogP contribution < -0.4 is 14.8 Å². The number of thiazole rings is 1. The summed E-state index contributed by atoms with van der Waals surface area (Å²) < 4.78 is 2.78. The summed E-state index contributed by atoms with van der Waals surface area (Å²) in [7, 11) is 1.69. The van der Waals surface area contributed by atoms with Gasteiger partial charge in [0.2, 0.25) is 0 Å². The second kappa shape index (κ2) is 6.16. The Labute approximate surface area is 145 Å². The predicted octanol–water partition coefficient (Wildman–Crippen LogP) is 1.69. The molecule has 0 fully saturated rings. The summed E-state index contributed by atoms with van der Waals surface area (Å²) in [6.45, 7) is 11.9. The Morgan fingerprint density at radius 2 is 1.88 bits per heavy atom. The fourth-order valence-corrected chi connectivity index (χ4v) is 3.20. The second-order valence-electron chi connectivity index (χ2n) is 8.02. The molecule has 2 heterocycles. The highest BCUT2D eigenvalue weighted by Gasteiger charge is 2.20. The maximum atomic E-state index is 12.5. The van der Waals surface area contributed by atoms with Crippen LogP contribution in [-0.2, 0) is 17.3 Å². The molecule has 2 aromatic heterocycles. The van der Waals surface area contributed by atoms with Crippen LogP contribution in [0.4, 0.5) is 0 Å². The number of Topliss-reactive ketones (excluding diaryl/α,β-unsaturated/α-hetero) is 1. The Bertz CT molecular complexity index is 931. The molecule has 0 atom stereocenters. The quantitative estimate of drug-likeness (QED) is 0.899. The van der Waals surface area contributed by atoms with E-state index in [0.29, 0.717) is 9.20 Å². The minimum Gasteiger partial charge on any atom is -0.302 e. The van der Waals surface area contributed by atoms with Crippen LogP contribution in [0, 0.1) is 5.41 Å². The summed E-state index contributed by atoms with van der Waals surface area (Å²) in [5.74, 6) is 0.00425. The van der Waals surface area contributed by atoms with Gasteiger partial charge in [0, 0.05) is 35.2 Å². The van der Waals surface area contributed by atoms with Gasteiger partial charge in [0.05, 0.1) is 10.7 Å². The predicted molar refractivity (Wildman–Crippen MR) is 98.6 cm³/mol. The van der Waals surface area contributed by atoms with Gasteiger partial charge in [-0.2, -0.15) is 5.10 Å². The number of nitrogens with zero attached hydrogens (tertiary/aromatic N) is 2. The van der Waals surface area contributed by atoms with Crippen LogP contribution in [-0.4, -0.2) is 20.5 Å². The van der Waals surface area contributed by atoms with Crippen LogP contribution in [0.15, 0.2) is 11.0 Å². The van der Waals surface area contributed by atoms with Gasteiger partial charge >= 0.3 is 0 Å². The number of ketones is 1. The van der Waals surface area contributed by atoms with Crippen molar-refractivity contribution in [2.45, 2.75) is 47.0 Å². The van der Waals surface area contributed by atoms with Crippen molar-refractivity contribution < 1.29 is 4.79 Å². The average molecular weight is 347 g/mol. The van der Waals surface area contributed by atoms with Crippen molar-refractivity contribution in [2.75, 3.05) is 0 Å². The number of carbonyl (C=O) groups is 1. The zero-order valence-corrected chi connectivity index (χ0v) is 16.2. The van der Waals surface area contributed by atoms with Gasteiger partial charge in [-0.3, -0.25) is 14.7 Å². The van der Waals surface area contributed by atoms with E-state index in [-0.39, 0.29) is 16.8 Å². The maximum Gasteiger partial charge on any atom is 0.268 e. The smallest absolute Gasteiger partial charge is 0.268 e. The molecule has 130 valence electrons. The second-order valence-corrected chi connectivity index (χ2v) is 9.08. The third-order valence-electron chi connectivity index (χ3n) is 3.76. The van der Waals surface area contributed by atoms with Crippen LogP contribution in [0.3, 0.4) is 0 Å². The number of aromatic amines is 1. The molecule has 0 aromatic carbocycles. The number of carbonyl (C=O) groups excluding carboxylic acids is 1. The third-order valence-corrected chi connectivity index (χ3v) is 4.87. The van der Waals surface area contributed by atoms with Gasteiger partial charge in [0.1, 0.15) is 4.66 Å². The zero-order chi connectivity index (χ0) is 18.3. The fourth-order valence-electron chi connectivity index (χ4n) is 2.18. The molecule has 2 aromatic rings. The first-order chi connectivity index (χ1) is 10.9. The highest BCUT2D eigenvalue weighted by atomic mass is 32.1. The van der Waals surface area contributed by atoms with E-state index in [2.05, 4.69) is 31.0 Å². The summed E-state index contributed by atoms with van der Waals surface area (Å²) in [4.78, 5) is 24.7. The topological polar surface area (TPSA) is 67.8 Å². The molecule has 0 unspecified atom stereocenters. The molecule has 1 N–H and O–H groups in total. The number of hydrogen-bond acceptors (Lipinski definition) is 4.